The molecule has 0 fully saturated rings. The number of anilines is 2. The summed E-state index contributed by atoms with van der Waals surface area (Å²) in [6.07, 6.45) is -2.85. The summed E-state index contributed by atoms with van der Waals surface area (Å²) < 4.78 is 40.4. The Morgan fingerprint density at radius 1 is 1.08 bits per heavy atom. The lowest BCUT2D eigenvalue weighted by molar-refractivity contribution is -0.137. The molecule has 126 valence electrons. The summed E-state index contributed by atoms with van der Waals surface area (Å²) in [7, 11) is 0. The van der Waals surface area contributed by atoms with Gasteiger partial charge in [0.05, 0.1) is 16.6 Å². The maximum atomic E-state index is 12.9. The van der Waals surface area contributed by atoms with Gasteiger partial charge in [-0.1, -0.05) is 12.1 Å². The second-order valence-corrected chi connectivity index (χ2v) is 5.68. The van der Waals surface area contributed by atoms with Crippen molar-refractivity contribution in [1.29, 1.82) is 0 Å². The van der Waals surface area contributed by atoms with E-state index in [1.165, 1.54) is 6.07 Å². The molecule has 0 aliphatic heterocycles. The van der Waals surface area contributed by atoms with E-state index in [0.717, 1.165) is 23.2 Å². The topological polar surface area (TPSA) is 55.1 Å². The SMILES string of the molecule is Cc1ccc2nc(Nc3cccc(C(F)(F)F)c3)c3nncn3c2c1. The third-order valence-electron chi connectivity index (χ3n) is 3.83. The Balaban J connectivity index is 1.84. The summed E-state index contributed by atoms with van der Waals surface area (Å²) in [6, 6.07) is 10.7. The summed E-state index contributed by atoms with van der Waals surface area (Å²) in [6.45, 7) is 1.96. The number of benzene rings is 2. The van der Waals surface area contributed by atoms with Gasteiger partial charge >= 0.3 is 6.18 Å². The van der Waals surface area contributed by atoms with E-state index < -0.39 is 11.7 Å². The van der Waals surface area contributed by atoms with Crippen molar-refractivity contribution in [2.75, 3.05) is 5.32 Å². The highest BCUT2D eigenvalue weighted by molar-refractivity contribution is 5.84. The van der Waals surface area contributed by atoms with Crippen LogP contribution in [0.15, 0.2) is 48.8 Å². The number of aryl methyl sites for hydroxylation is 1. The van der Waals surface area contributed by atoms with Crippen molar-refractivity contribution in [3.63, 3.8) is 0 Å². The number of nitrogens with zero attached hydrogens (tertiary/aromatic N) is 4. The average molecular weight is 343 g/mol. The molecule has 0 atom stereocenters. The van der Waals surface area contributed by atoms with Crippen molar-refractivity contribution in [3.05, 3.63) is 59.9 Å². The number of fused-ring (bicyclic) bond motifs is 3. The minimum absolute atomic E-state index is 0.277. The maximum absolute atomic E-state index is 12.9. The fourth-order valence-corrected chi connectivity index (χ4v) is 2.66. The molecule has 0 unspecified atom stereocenters. The first-order chi connectivity index (χ1) is 11.9. The number of rotatable bonds is 2. The molecule has 0 saturated heterocycles. The number of halogens is 3. The van der Waals surface area contributed by atoms with Crippen molar-refractivity contribution >= 4 is 28.2 Å². The Hall–Kier alpha value is -3.16. The van der Waals surface area contributed by atoms with Gasteiger partial charge in [-0.05, 0) is 42.8 Å². The summed E-state index contributed by atoms with van der Waals surface area (Å²) >= 11 is 0. The van der Waals surface area contributed by atoms with Gasteiger partial charge in [-0.15, -0.1) is 10.2 Å². The van der Waals surface area contributed by atoms with Crippen LogP contribution in [0.3, 0.4) is 0 Å². The molecular formula is C17H12F3N5. The van der Waals surface area contributed by atoms with Crippen LogP contribution in [0, 0.1) is 6.92 Å². The molecule has 0 amide bonds. The van der Waals surface area contributed by atoms with Crippen LogP contribution in [0.4, 0.5) is 24.7 Å². The summed E-state index contributed by atoms with van der Waals surface area (Å²) in [5.74, 6) is 0.341. The fourth-order valence-electron chi connectivity index (χ4n) is 2.66. The van der Waals surface area contributed by atoms with Gasteiger partial charge in [-0.25, -0.2) is 4.98 Å². The molecule has 1 N–H and O–H groups in total. The van der Waals surface area contributed by atoms with E-state index in [9.17, 15) is 13.2 Å². The third kappa shape index (κ3) is 2.75. The van der Waals surface area contributed by atoms with Gasteiger partial charge in [-0.3, -0.25) is 4.40 Å². The van der Waals surface area contributed by atoms with Crippen molar-refractivity contribution in [3.8, 4) is 0 Å². The number of hydrogen-bond acceptors (Lipinski definition) is 4. The molecule has 8 heteroatoms. The zero-order valence-corrected chi connectivity index (χ0v) is 13.0. The van der Waals surface area contributed by atoms with Gasteiger partial charge in [0.25, 0.3) is 0 Å². The molecule has 0 radical (unpaired) electrons. The maximum Gasteiger partial charge on any atom is 0.416 e. The quantitative estimate of drug-likeness (QED) is 0.588. The summed E-state index contributed by atoms with van der Waals surface area (Å²) in [5.41, 5.74) is 2.56. The number of alkyl halides is 3. The van der Waals surface area contributed by atoms with Crippen molar-refractivity contribution in [2.45, 2.75) is 13.1 Å². The highest BCUT2D eigenvalue weighted by atomic mass is 19.4. The fraction of sp³-hybridized carbons (Fsp3) is 0.118. The number of hydrogen-bond donors (Lipinski definition) is 1. The average Bonchev–Trinajstić information content (AvgIpc) is 3.05. The highest BCUT2D eigenvalue weighted by Crippen LogP contribution is 2.32. The monoisotopic (exact) mass is 343 g/mol. The zero-order valence-electron chi connectivity index (χ0n) is 13.0. The number of nitrogens with one attached hydrogen (secondary N) is 1. The Morgan fingerprint density at radius 2 is 1.92 bits per heavy atom. The van der Waals surface area contributed by atoms with Crippen LogP contribution in [0.2, 0.25) is 0 Å². The van der Waals surface area contributed by atoms with E-state index >= 15 is 0 Å². The Labute approximate surface area is 140 Å². The molecule has 0 aliphatic rings. The van der Waals surface area contributed by atoms with Crippen LogP contribution in [-0.4, -0.2) is 19.6 Å². The van der Waals surface area contributed by atoms with Gasteiger partial charge in [0.15, 0.2) is 5.82 Å². The molecule has 2 aromatic heterocycles. The van der Waals surface area contributed by atoms with Crippen LogP contribution in [0.1, 0.15) is 11.1 Å². The van der Waals surface area contributed by atoms with Gasteiger partial charge in [0.2, 0.25) is 5.65 Å². The molecule has 0 aliphatic carbocycles. The van der Waals surface area contributed by atoms with Crippen LogP contribution in [0.25, 0.3) is 16.7 Å². The number of aromatic nitrogens is 4. The van der Waals surface area contributed by atoms with Gasteiger partial charge < -0.3 is 5.32 Å². The molecule has 2 heterocycles. The predicted molar refractivity (Wildman–Crippen MR) is 87.8 cm³/mol. The third-order valence-corrected chi connectivity index (χ3v) is 3.83. The first-order valence-electron chi connectivity index (χ1n) is 7.46. The first kappa shape index (κ1) is 15.4. The largest absolute Gasteiger partial charge is 0.416 e. The second kappa shape index (κ2) is 5.44. The lowest BCUT2D eigenvalue weighted by Crippen LogP contribution is -2.06. The molecule has 0 spiro atoms. The molecule has 0 saturated carbocycles. The van der Waals surface area contributed by atoms with E-state index in [1.54, 1.807) is 16.8 Å². The van der Waals surface area contributed by atoms with Crippen LogP contribution < -0.4 is 5.32 Å². The second-order valence-electron chi connectivity index (χ2n) is 5.68. The summed E-state index contributed by atoms with van der Waals surface area (Å²) in [5, 5.41) is 10.8. The lowest BCUT2D eigenvalue weighted by Gasteiger charge is -2.12. The molecule has 4 aromatic rings. The van der Waals surface area contributed by atoms with Crippen molar-refractivity contribution < 1.29 is 13.2 Å². The lowest BCUT2D eigenvalue weighted by atomic mass is 10.2. The Bertz CT molecular complexity index is 1080. The molecular weight excluding hydrogens is 331 g/mol. The highest BCUT2D eigenvalue weighted by Gasteiger charge is 2.30. The predicted octanol–water partition coefficient (Wildman–Crippen LogP) is 4.35. The van der Waals surface area contributed by atoms with E-state index in [4.69, 9.17) is 0 Å². The molecule has 2 aromatic carbocycles. The van der Waals surface area contributed by atoms with Crippen LogP contribution in [0.5, 0.6) is 0 Å². The van der Waals surface area contributed by atoms with Gasteiger partial charge in [0.1, 0.15) is 6.33 Å². The first-order valence-corrected chi connectivity index (χ1v) is 7.46. The molecule has 4 rings (SSSR count). The normalized spacial score (nSPS) is 12.0. The van der Waals surface area contributed by atoms with Crippen LogP contribution in [-0.2, 0) is 6.18 Å². The minimum Gasteiger partial charge on any atom is -0.337 e. The Morgan fingerprint density at radius 3 is 2.72 bits per heavy atom. The molecule has 0 bridgehead atoms. The smallest absolute Gasteiger partial charge is 0.337 e. The molecule has 25 heavy (non-hydrogen) atoms. The van der Waals surface area contributed by atoms with E-state index in [1.807, 2.05) is 25.1 Å². The van der Waals surface area contributed by atoms with E-state index in [-0.39, 0.29) is 5.69 Å². The zero-order chi connectivity index (χ0) is 17.6. The Kier molecular flexibility index (Phi) is 3.34. The molecule has 5 nitrogen and oxygen atoms in total. The minimum atomic E-state index is -4.41. The van der Waals surface area contributed by atoms with Crippen molar-refractivity contribution in [2.24, 2.45) is 0 Å². The van der Waals surface area contributed by atoms with Gasteiger partial charge in [0, 0.05) is 5.69 Å². The van der Waals surface area contributed by atoms with E-state index in [2.05, 4.69) is 20.5 Å². The van der Waals surface area contributed by atoms with Crippen LogP contribution >= 0.6 is 0 Å². The van der Waals surface area contributed by atoms with Gasteiger partial charge in [-0.2, -0.15) is 13.2 Å². The standard InChI is InChI=1S/C17H12F3N5/c1-10-5-6-13-14(7-10)25-9-21-24-16(25)15(23-13)22-12-4-2-3-11(8-12)17(18,19)20/h2-9H,1H3,(H,22,23). The summed E-state index contributed by atoms with van der Waals surface area (Å²) in [4.78, 5) is 4.49. The van der Waals surface area contributed by atoms with E-state index in [0.29, 0.717) is 17.0 Å². The van der Waals surface area contributed by atoms with Crippen molar-refractivity contribution in [1.82, 2.24) is 19.6 Å².